The second-order valence-electron chi connectivity index (χ2n) is 5.37. The Kier molecular flexibility index (Phi) is 4.12. The normalized spacial score (nSPS) is 14.7. The molecular formula is C17H16Cl2O2. The predicted molar refractivity (Wildman–Crippen MR) is 85.5 cm³/mol. The van der Waals surface area contributed by atoms with E-state index in [2.05, 4.69) is 0 Å². The monoisotopic (exact) mass is 322 g/mol. The summed E-state index contributed by atoms with van der Waals surface area (Å²) in [6.45, 7) is 2.63. The Bertz CT molecular complexity index is 683. The van der Waals surface area contributed by atoms with Crippen LogP contribution in [0.2, 0.25) is 10.0 Å². The Morgan fingerprint density at radius 2 is 2.00 bits per heavy atom. The van der Waals surface area contributed by atoms with Crippen molar-refractivity contribution < 1.29 is 9.84 Å². The van der Waals surface area contributed by atoms with Gasteiger partial charge in [0.2, 0.25) is 0 Å². The molecule has 0 amide bonds. The summed E-state index contributed by atoms with van der Waals surface area (Å²) >= 11 is 12.1. The highest BCUT2D eigenvalue weighted by Gasteiger charge is 2.20. The van der Waals surface area contributed by atoms with Crippen molar-refractivity contribution in [2.75, 3.05) is 6.61 Å². The van der Waals surface area contributed by atoms with E-state index in [1.807, 2.05) is 31.2 Å². The molecule has 21 heavy (non-hydrogen) atoms. The van der Waals surface area contributed by atoms with Gasteiger partial charge >= 0.3 is 0 Å². The Balaban J connectivity index is 1.90. The number of halogens is 2. The van der Waals surface area contributed by atoms with E-state index < -0.39 is 6.10 Å². The third-order valence-corrected chi connectivity index (χ3v) is 4.28. The molecule has 0 saturated heterocycles. The molecule has 3 rings (SSSR count). The van der Waals surface area contributed by atoms with Gasteiger partial charge in [-0.2, -0.15) is 0 Å². The average Bonchev–Trinajstić information content (AvgIpc) is 2.86. The lowest BCUT2D eigenvalue weighted by atomic mass is 9.96. The molecule has 0 aliphatic carbocycles. The number of aryl methyl sites for hydroxylation is 1. The second kappa shape index (κ2) is 5.88. The van der Waals surface area contributed by atoms with E-state index in [1.54, 1.807) is 6.07 Å². The topological polar surface area (TPSA) is 29.5 Å². The van der Waals surface area contributed by atoms with Crippen LogP contribution in [0, 0.1) is 6.92 Å². The number of ether oxygens (including phenoxy) is 1. The number of fused-ring (bicyclic) bond motifs is 1. The minimum atomic E-state index is -0.603. The number of hydrogen-bond donors (Lipinski definition) is 1. The fourth-order valence-corrected chi connectivity index (χ4v) is 3.32. The minimum Gasteiger partial charge on any atom is -0.493 e. The lowest BCUT2D eigenvalue weighted by Gasteiger charge is -2.16. The average molecular weight is 323 g/mol. The molecule has 0 bridgehead atoms. The number of aliphatic hydroxyl groups excluding tert-OH is 1. The van der Waals surface area contributed by atoms with Crippen LogP contribution in [0.3, 0.4) is 0 Å². The number of aliphatic hydroxyl groups is 1. The smallest absolute Gasteiger partial charge is 0.126 e. The van der Waals surface area contributed by atoms with E-state index in [1.165, 1.54) is 0 Å². The second-order valence-corrected chi connectivity index (χ2v) is 6.25. The highest BCUT2D eigenvalue weighted by atomic mass is 35.5. The van der Waals surface area contributed by atoms with Gasteiger partial charge in [-0.05, 0) is 53.4 Å². The molecule has 0 spiro atoms. The lowest BCUT2D eigenvalue weighted by molar-refractivity contribution is 0.176. The molecule has 1 aliphatic rings. The first kappa shape index (κ1) is 14.7. The molecule has 0 saturated carbocycles. The summed E-state index contributed by atoms with van der Waals surface area (Å²) in [6, 6.07) is 9.34. The summed E-state index contributed by atoms with van der Waals surface area (Å²) in [7, 11) is 0. The van der Waals surface area contributed by atoms with Gasteiger partial charge in [-0.15, -0.1) is 0 Å². The number of benzene rings is 2. The predicted octanol–water partition coefficient (Wildman–Crippen LogP) is 4.51. The van der Waals surface area contributed by atoms with Gasteiger partial charge in [0, 0.05) is 22.9 Å². The third kappa shape index (κ3) is 3.03. The van der Waals surface area contributed by atoms with E-state index in [9.17, 15) is 5.11 Å². The Morgan fingerprint density at radius 3 is 2.76 bits per heavy atom. The van der Waals surface area contributed by atoms with Crippen LogP contribution in [0.5, 0.6) is 5.75 Å². The standard InChI is InChI=1S/C17H16Cl2O2/c1-10-6-13(18)2-3-15(10)16(20)9-12-8-14(19)7-11-4-5-21-17(11)12/h2-3,6-8,16,20H,4-5,9H2,1H3. The third-order valence-electron chi connectivity index (χ3n) is 3.83. The van der Waals surface area contributed by atoms with Crippen molar-refractivity contribution in [2.45, 2.75) is 25.9 Å². The van der Waals surface area contributed by atoms with Crippen molar-refractivity contribution in [3.63, 3.8) is 0 Å². The van der Waals surface area contributed by atoms with Gasteiger partial charge in [-0.25, -0.2) is 0 Å². The van der Waals surface area contributed by atoms with Gasteiger partial charge in [-0.3, -0.25) is 0 Å². The van der Waals surface area contributed by atoms with Gasteiger partial charge < -0.3 is 9.84 Å². The molecule has 1 atom stereocenters. The Hall–Kier alpha value is -1.22. The van der Waals surface area contributed by atoms with Crippen LogP contribution >= 0.6 is 23.2 Å². The molecule has 0 radical (unpaired) electrons. The fourth-order valence-electron chi connectivity index (χ4n) is 2.83. The van der Waals surface area contributed by atoms with Crippen LogP contribution in [-0.4, -0.2) is 11.7 Å². The first-order chi connectivity index (χ1) is 10.0. The van der Waals surface area contributed by atoms with E-state index in [0.29, 0.717) is 23.1 Å². The molecule has 2 aromatic rings. The van der Waals surface area contributed by atoms with Crippen LogP contribution in [0.25, 0.3) is 0 Å². The summed E-state index contributed by atoms with van der Waals surface area (Å²) in [6.07, 6.45) is 0.749. The Labute approximate surface area is 134 Å². The molecule has 2 aromatic carbocycles. The lowest BCUT2D eigenvalue weighted by Crippen LogP contribution is -2.05. The minimum absolute atomic E-state index is 0.478. The summed E-state index contributed by atoms with van der Waals surface area (Å²) in [5.74, 6) is 0.880. The van der Waals surface area contributed by atoms with Crippen LogP contribution in [0.15, 0.2) is 30.3 Å². The first-order valence-electron chi connectivity index (χ1n) is 6.93. The Morgan fingerprint density at radius 1 is 1.19 bits per heavy atom. The maximum Gasteiger partial charge on any atom is 0.126 e. The van der Waals surface area contributed by atoms with E-state index in [4.69, 9.17) is 27.9 Å². The summed E-state index contributed by atoms with van der Waals surface area (Å²) in [4.78, 5) is 0. The summed E-state index contributed by atoms with van der Waals surface area (Å²) in [5, 5.41) is 11.9. The molecule has 4 heteroatoms. The van der Waals surface area contributed by atoms with Gasteiger partial charge in [0.15, 0.2) is 0 Å². The summed E-state index contributed by atoms with van der Waals surface area (Å²) < 4.78 is 5.68. The maximum atomic E-state index is 10.5. The molecule has 0 fully saturated rings. The van der Waals surface area contributed by atoms with Crippen molar-refractivity contribution in [1.82, 2.24) is 0 Å². The number of rotatable bonds is 3. The summed E-state index contributed by atoms with van der Waals surface area (Å²) in [5.41, 5.74) is 3.94. The molecule has 1 heterocycles. The highest BCUT2D eigenvalue weighted by molar-refractivity contribution is 6.31. The van der Waals surface area contributed by atoms with Gasteiger partial charge in [0.05, 0.1) is 12.7 Å². The van der Waals surface area contributed by atoms with Crippen molar-refractivity contribution in [2.24, 2.45) is 0 Å². The van der Waals surface area contributed by atoms with Crippen LogP contribution < -0.4 is 4.74 Å². The van der Waals surface area contributed by atoms with Crippen molar-refractivity contribution in [1.29, 1.82) is 0 Å². The van der Waals surface area contributed by atoms with E-state index in [-0.39, 0.29) is 0 Å². The molecule has 1 unspecified atom stereocenters. The largest absolute Gasteiger partial charge is 0.493 e. The molecule has 0 aromatic heterocycles. The first-order valence-corrected chi connectivity index (χ1v) is 7.68. The molecule has 2 nitrogen and oxygen atoms in total. The molecule has 1 N–H and O–H groups in total. The van der Waals surface area contributed by atoms with E-state index in [0.717, 1.165) is 34.4 Å². The van der Waals surface area contributed by atoms with Crippen LogP contribution in [0.1, 0.15) is 28.4 Å². The van der Waals surface area contributed by atoms with Gasteiger partial charge in [0.25, 0.3) is 0 Å². The van der Waals surface area contributed by atoms with Crippen LogP contribution in [0.4, 0.5) is 0 Å². The molecule has 1 aliphatic heterocycles. The maximum absolute atomic E-state index is 10.5. The highest BCUT2D eigenvalue weighted by Crippen LogP contribution is 2.35. The van der Waals surface area contributed by atoms with Gasteiger partial charge in [0.1, 0.15) is 5.75 Å². The van der Waals surface area contributed by atoms with Gasteiger partial charge in [-0.1, -0.05) is 29.3 Å². The van der Waals surface area contributed by atoms with E-state index >= 15 is 0 Å². The van der Waals surface area contributed by atoms with Crippen molar-refractivity contribution in [3.05, 3.63) is 62.6 Å². The van der Waals surface area contributed by atoms with Crippen LogP contribution in [-0.2, 0) is 12.8 Å². The number of hydrogen-bond acceptors (Lipinski definition) is 2. The zero-order valence-corrected chi connectivity index (χ0v) is 13.2. The SMILES string of the molecule is Cc1cc(Cl)ccc1C(O)Cc1cc(Cl)cc2c1OCC2. The van der Waals surface area contributed by atoms with Crippen molar-refractivity contribution >= 4 is 23.2 Å². The molecular weight excluding hydrogens is 307 g/mol. The zero-order chi connectivity index (χ0) is 15.0. The zero-order valence-electron chi connectivity index (χ0n) is 11.7. The molecule has 110 valence electrons. The quantitative estimate of drug-likeness (QED) is 0.900. The fraction of sp³-hybridized carbons (Fsp3) is 0.294. The van der Waals surface area contributed by atoms with Crippen molar-refractivity contribution in [3.8, 4) is 5.75 Å².